The number of fused-ring (bicyclic) bond motifs is 3. The maximum absolute atomic E-state index is 12.6. The Labute approximate surface area is 199 Å². The van der Waals surface area contributed by atoms with E-state index >= 15 is 0 Å². The van der Waals surface area contributed by atoms with Crippen LogP contribution in [0, 0.1) is 0 Å². The van der Waals surface area contributed by atoms with Gasteiger partial charge in [0.1, 0.15) is 6.61 Å². The van der Waals surface area contributed by atoms with E-state index in [0.717, 1.165) is 42.0 Å². The van der Waals surface area contributed by atoms with Crippen LogP contribution in [0.15, 0.2) is 48.5 Å². The van der Waals surface area contributed by atoms with Gasteiger partial charge in [-0.1, -0.05) is 68.3 Å². The summed E-state index contributed by atoms with van der Waals surface area (Å²) in [7, 11) is 0. The average molecular weight is 469 g/mol. The number of rotatable bonds is 11. The van der Waals surface area contributed by atoms with E-state index in [-0.39, 0.29) is 18.9 Å². The van der Waals surface area contributed by atoms with Gasteiger partial charge in [-0.3, -0.25) is 4.79 Å². The summed E-state index contributed by atoms with van der Waals surface area (Å²) >= 11 is 0. The number of amides is 2. The van der Waals surface area contributed by atoms with Gasteiger partial charge in [-0.25, -0.2) is 9.59 Å². The van der Waals surface area contributed by atoms with Gasteiger partial charge in [-0.2, -0.15) is 0 Å². The summed E-state index contributed by atoms with van der Waals surface area (Å²) in [5.74, 6) is -1.94. The standard InChI is InChI=1S/C26H32N2O6/c1-3-4-9-17(14-23(29)27-16-26(2,33)24(30)31)28-25(32)34-15-22-20-12-7-5-10-18(20)19-11-6-8-13-21(19)22/h5-8,10-13,17,22,33H,3-4,9,14-16H2,1-2H3,(H,27,29)(H,28,32)(H,30,31)/t17-,26?/m0/s1. The Balaban J connectivity index is 1.58. The van der Waals surface area contributed by atoms with Crippen molar-refractivity contribution < 1.29 is 29.3 Å². The van der Waals surface area contributed by atoms with E-state index in [9.17, 15) is 19.5 Å². The van der Waals surface area contributed by atoms with Crippen LogP contribution in [0.1, 0.15) is 56.6 Å². The molecule has 0 bridgehead atoms. The van der Waals surface area contributed by atoms with Crippen LogP contribution in [-0.4, -0.2) is 53.0 Å². The third-order valence-corrected chi connectivity index (χ3v) is 6.09. The average Bonchev–Trinajstić information content (AvgIpc) is 3.13. The van der Waals surface area contributed by atoms with E-state index in [4.69, 9.17) is 9.84 Å². The number of benzene rings is 2. The second kappa shape index (κ2) is 11.2. The molecule has 34 heavy (non-hydrogen) atoms. The zero-order valence-corrected chi connectivity index (χ0v) is 19.5. The van der Waals surface area contributed by atoms with Gasteiger partial charge in [0.25, 0.3) is 0 Å². The largest absolute Gasteiger partial charge is 0.479 e. The fourth-order valence-electron chi connectivity index (χ4n) is 4.12. The highest BCUT2D eigenvalue weighted by molar-refractivity contribution is 5.81. The molecule has 2 atom stereocenters. The van der Waals surface area contributed by atoms with Crippen molar-refractivity contribution in [3.8, 4) is 11.1 Å². The minimum Gasteiger partial charge on any atom is -0.479 e. The smallest absolute Gasteiger partial charge is 0.407 e. The number of nitrogens with one attached hydrogen (secondary N) is 2. The molecular weight excluding hydrogens is 436 g/mol. The highest BCUT2D eigenvalue weighted by Gasteiger charge is 2.31. The summed E-state index contributed by atoms with van der Waals surface area (Å²) < 4.78 is 5.58. The first-order valence-electron chi connectivity index (χ1n) is 11.6. The number of alkyl carbamates (subject to hydrolysis) is 1. The number of hydrogen-bond donors (Lipinski definition) is 4. The van der Waals surface area contributed by atoms with Crippen LogP contribution in [0.5, 0.6) is 0 Å². The summed E-state index contributed by atoms with van der Waals surface area (Å²) in [5.41, 5.74) is 2.45. The molecule has 8 heteroatoms. The number of carbonyl (C=O) groups excluding carboxylic acids is 2. The first kappa shape index (κ1) is 25.2. The van der Waals surface area contributed by atoms with Gasteiger partial charge >= 0.3 is 12.1 Å². The van der Waals surface area contributed by atoms with Crippen LogP contribution < -0.4 is 10.6 Å². The summed E-state index contributed by atoms with van der Waals surface area (Å²) in [6.07, 6.45) is 1.61. The molecule has 0 heterocycles. The molecule has 182 valence electrons. The maximum Gasteiger partial charge on any atom is 0.407 e. The van der Waals surface area contributed by atoms with E-state index in [2.05, 4.69) is 22.8 Å². The quantitative estimate of drug-likeness (QED) is 0.400. The minimum absolute atomic E-state index is 0.0418. The van der Waals surface area contributed by atoms with Crippen molar-refractivity contribution in [2.75, 3.05) is 13.2 Å². The molecule has 2 aromatic carbocycles. The van der Waals surface area contributed by atoms with Crippen molar-refractivity contribution in [3.63, 3.8) is 0 Å². The van der Waals surface area contributed by atoms with Crippen LogP contribution in [-0.2, 0) is 14.3 Å². The topological polar surface area (TPSA) is 125 Å². The monoisotopic (exact) mass is 468 g/mol. The van der Waals surface area contributed by atoms with E-state index in [0.29, 0.717) is 6.42 Å². The first-order chi connectivity index (χ1) is 16.2. The zero-order valence-electron chi connectivity index (χ0n) is 19.5. The van der Waals surface area contributed by atoms with Crippen molar-refractivity contribution >= 4 is 18.0 Å². The summed E-state index contributed by atoms with van der Waals surface area (Å²) in [5, 5.41) is 23.9. The van der Waals surface area contributed by atoms with Crippen LogP contribution in [0.3, 0.4) is 0 Å². The number of carboxylic acids is 1. The number of unbranched alkanes of at least 4 members (excludes halogenated alkanes) is 1. The highest BCUT2D eigenvalue weighted by Crippen LogP contribution is 2.44. The van der Waals surface area contributed by atoms with Crippen molar-refractivity contribution in [2.45, 2.75) is 57.1 Å². The van der Waals surface area contributed by atoms with Gasteiger partial charge in [0.2, 0.25) is 5.91 Å². The lowest BCUT2D eigenvalue weighted by atomic mass is 9.98. The third-order valence-electron chi connectivity index (χ3n) is 6.09. The molecule has 1 unspecified atom stereocenters. The van der Waals surface area contributed by atoms with Gasteiger partial charge in [-0.15, -0.1) is 0 Å². The summed E-state index contributed by atoms with van der Waals surface area (Å²) in [6, 6.07) is 15.7. The van der Waals surface area contributed by atoms with Crippen LogP contribution in [0.2, 0.25) is 0 Å². The molecule has 0 fully saturated rings. The highest BCUT2D eigenvalue weighted by atomic mass is 16.5. The molecule has 2 amide bonds. The molecule has 8 nitrogen and oxygen atoms in total. The van der Waals surface area contributed by atoms with E-state index in [1.807, 2.05) is 43.3 Å². The summed E-state index contributed by atoms with van der Waals surface area (Å²) in [6.45, 7) is 2.87. The maximum atomic E-state index is 12.6. The molecule has 0 radical (unpaired) electrons. The number of carboxylic acid groups (broad SMARTS) is 1. The van der Waals surface area contributed by atoms with Gasteiger partial charge < -0.3 is 25.6 Å². The van der Waals surface area contributed by atoms with E-state index in [1.165, 1.54) is 0 Å². The lowest BCUT2D eigenvalue weighted by Gasteiger charge is -2.21. The number of aliphatic hydroxyl groups is 1. The predicted octanol–water partition coefficient (Wildman–Crippen LogP) is 3.43. The molecule has 1 aliphatic carbocycles. The second-order valence-corrected chi connectivity index (χ2v) is 8.87. The summed E-state index contributed by atoms with van der Waals surface area (Å²) in [4.78, 5) is 35.9. The Morgan fingerprint density at radius 3 is 2.21 bits per heavy atom. The Hall–Kier alpha value is -3.39. The number of carbonyl (C=O) groups is 3. The Kier molecular flexibility index (Phi) is 8.28. The minimum atomic E-state index is -2.06. The van der Waals surface area contributed by atoms with Gasteiger partial charge in [-0.05, 0) is 35.6 Å². The molecule has 0 spiro atoms. The van der Waals surface area contributed by atoms with Crippen molar-refractivity contribution in [3.05, 3.63) is 59.7 Å². The van der Waals surface area contributed by atoms with E-state index < -0.39 is 36.2 Å². The Bertz CT molecular complexity index is 990. The molecule has 0 aliphatic heterocycles. The predicted molar refractivity (Wildman–Crippen MR) is 127 cm³/mol. The molecule has 2 aromatic rings. The lowest BCUT2D eigenvalue weighted by molar-refractivity contribution is -0.156. The first-order valence-corrected chi connectivity index (χ1v) is 11.6. The van der Waals surface area contributed by atoms with Crippen molar-refractivity contribution in [2.24, 2.45) is 0 Å². The molecule has 0 saturated carbocycles. The lowest BCUT2D eigenvalue weighted by Crippen LogP contribution is -2.48. The van der Waals surface area contributed by atoms with Crippen LogP contribution in [0.25, 0.3) is 11.1 Å². The molecule has 0 saturated heterocycles. The van der Waals surface area contributed by atoms with E-state index in [1.54, 1.807) is 0 Å². The molecular formula is C26H32N2O6. The van der Waals surface area contributed by atoms with Gasteiger partial charge in [0.05, 0.1) is 6.54 Å². The number of hydrogen-bond acceptors (Lipinski definition) is 5. The third kappa shape index (κ3) is 6.14. The molecule has 0 aromatic heterocycles. The van der Waals surface area contributed by atoms with Crippen LogP contribution >= 0.6 is 0 Å². The normalized spacial score (nSPS) is 14.9. The second-order valence-electron chi connectivity index (χ2n) is 8.87. The van der Waals surface area contributed by atoms with Crippen molar-refractivity contribution in [1.29, 1.82) is 0 Å². The Morgan fingerprint density at radius 2 is 1.65 bits per heavy atom. The molecule has 4 N–H and O–H groups in total. The molecule has 1 aliphatic rings. The van der Waals surface area contributed by atoms with Crippen LogP contribution in [0.4, 0.5) is 4.79 Å². The Morgan fingerprint density at radius 1 is 1.06 bits per heavy atom. The fraction of sp³-hybridized carbons (Fsp3) is 0.423. The van der Waals surface area contributed by atoms with Crippen molar-refractivity contribution in [1.82, 2.24) is 10.6 Å². The zero-order chi connectivity index (χ0) is 24.7. The molecule has 3 rings (SSSR count). The van der Waals surface area contributed by atoms with Gasteiger partial charge in [0.15, 0.2) is 5.60 Å². The fourth-order valence-corrected chi connectivity index (χ4v) is 4.12. The number of aliphatic carboxylic acids is 1. The number of ether oxygens (including phenoxy) is 1. The SMILES string of the molecule is CCCC[C@@H](CC(=O)NCC(C)(O)C(=O)O)NC(=O)OCC1c2ccccc2-c2ccccc21. The van der Waals surface area contributed by atoms with Gasteiger partial charge in [0, 0.05) is 18.4 Å².